The molecule has 0 aliphatic rings. The second-order valence-corrected chi connectivity index (χ2v) is 11.4. The van der Waals surface area contributed by atoms with Gasteiger partial charge in [0.05, 0.1) is 5.41 Å². The minimum atomic E-state index is -4.15. The van der Waals surface area contributed by atoms with Crippen LogP contribution in [0.4, 0.5) is 13.2 Å². The van der Waals surface area contributed by atoms with Gasteiger partial charge in [0, 0.05) is 0 Å². The highest BCUT2D eigenvalue weighted by atomic mass is 19.4. The molecule has 0 radical (unpaired) electrons. The Hall–Kier alpha value is -1.25. The molecule has 0 amide bonds. The molecule has 1 rings (SSSR count). The third-order valence-electron chi connectivity index (χ3n) is 5.87. The zero-order valence-electron chi connectivity index (χ0n) is 20.1. The highest BCUT2D eigenvalue weighted by Crippen LogP contribution is 2.43. The van der Waals surface area contributed by atoms with E-state index in [0.717, 1.165) is 12.8 Å². The Labute approximate surface area is 177 Å². The van der Waals surface area contributed by atoms with E-state index in [4.69, 9.17) is 0 Å². The van der Waals surface area contributed by atoms with Crippen LogP contribution >= 0.6 is 0 Å². The van der Waals surface area contributed by atoms with Crippen LogP contribution in [0.5, 0.6) is 0 Å². The average Bonchev–Trinajstić information content (AvgIpc) is 2.48. The molecular formula is C26H41F3. The second-order valence-electron chi connectivity index (χ2n) is 11.4. The van der Waals surface area contributed by atoms with Gasteiger partial charge in [0.1, 0.15) is 0 Å². The molecule has 1 aromatic rings. The van der Waals surface area contributed by atoms with Crippen molar-refractivity contribution in [3.8, 4) is 0 Å². The van der Waals surface area contributed by atoms with Crippen LogP contribution in [-0.4, -0.2) is 6.18 Å². The molecule has 29 heavy (non-hydrogen) atoms. The van der Waals surface area contributed by atoms with Crippen LogP contribution in [0.3, 0.4) is 0 Å². The minimum Gasteiger partial charge on any atom is -0.171 e. The fourth-order valence-electron chi connectivity index (χ4n) is 3.80. The molecule has 0 aromatic heterocycles. The van der Waals surface area contributed by atoms with Crippen molar-refractivity contribution < 1.29 is 13.2 Å². The van der Waals surface area contributed by atoms with Gasteiger partial charge in [0.25, 0.3) is 0 Å². The molecule has 0 aliphatic heterocycles. The maximum atomic E-state index is 13.1. The summed E-state index contributed by atoms with van der Waals surface area (Å²) in [6, 6.07) is 4.59. The first kappa shape index (κ1) is 25.8. The predicted octanol–water partition coefficient (Wildman–Crippen LogP) is 9.00. The summed E-state index contributed by atoms with van der Waals surface area (Å²) < 4.78 is 39.3. The smallest absolute Gasteiger partial charge is 0.171 e. The van der Waals surface area contributed by atoms with E-state index in [9.17, 15) is 13.2 Å². The second kappa shape index (κ2) is 8.86. The summed E-state index contributed by atoms with van der Waals surface area (Å²) in [6.45, 7) is 20.1. The van der Waals surface area contributed by atoms with Crippen LogP contribution in [0, 0.1) is 18.3 Å². The van der Waals surface area contributed by atoms with Crippen molar-refractivity contribution in [1.82, 2.24) is 0 Å². The lowest BCUT2D eigenvalue weighted by Crippen LogP contribution is -2.33. The van der Waals surface area contributed by atoms with Gasteiger partial charge in [0.15, 0.2) is 0 Å². The van der Waals surface area contributed by atoms with Gasteiger partial charge in [0.2, 0.25) is 0 Å². The monoisotopic (exact) mass is 410 g/mol. The predicted molar refractivity (Wildman–Crippen MR) is 120 cm³/mol. The van der Waals surface area contributed by atoms with Crippen LogP contribution < -0.4 is 0 Å². The van der Waals surface area contributed by atoms with Gasteiger partial charge in [-0.1, -0.05) is 86.6 Å². The lowest BCUT2D eigenvalue weighted by molar-refractivity contribution is -0.216. The highest BCUT2D eigenvalue weighted by Gasteiger charge is 2.47. The molecular weight excluding hydrogens is 369 g/mol. The van der Waals surface area contributed by atoms with E-state index >= 15 is 0 Å². The fraction of sp³-hybridized carbons (Fsp3) is 0.692. The first-order valence-electron chi connectivity index (χ1n) is 10.7. The van der Waals surface area contributed by atoms with Crippen molar-refractivity contribution in [2.45, 2.75) is 106 Å². The molecule has 1 atom stereocenters. The van der Waals surface area contributed by atoms with Crippen molar-refractivity contribution >= 4 is 6.08 Å². The molecule has 0 heterocycles. The van der Waals surface area contributed by atoms with Crippen molar-refractivity contribution in [3.63, 3.8) is 0 Å². The van der Waals surface area contributed by atoms with Gasteiger partial charge in [-0.3, -0.25) is 0 Å². The number of halogens is 3. The lowest BCUT2D eigenvalue weighted by Gasteiger charge is -2.30. The number of hydrogen-bond acceptors (Lipinski definition) is 0. The van der Waals surface area contributed by atoms with Crippen LogP contribution in [0.15, 0.2) is 18.2 Å². The van der Waals surface area contributed by atoms with Crippen molar-refractivity contribution in [3.05, 3.63) is 40.5 Å². The third-order valence-corrected chi connectivity index (χ3v) is 5.87. The van der Waals surface area contributed by atoms with Gasteiger partial charge >= 0.3 is 6.18 Å². The standard InChI is InChI=1S/C26H41F3/c1-18(17-25(9,10)26(27,28)29)13-11-12-14-20-15-21(23(3,4)5)16-22(19(20)2)24(6,7)8/h12,14-16,18H,11,13,17H2,1-10H3. The molecule has 0 spiro atoms. The number of rotatable bonds is 6. The first-order chi connectivity index (χ1) is 12.9. The van der Waals surface area contributed by atoms with Crippen molar-refractivity contribution in [1.29, 1.82) is 0 Å². The Morgan fingerprint density at radius 3 is 1.90 bits per heavy atom. The molecule has 0 saturated heterocycles. The number of alkyl halides is 3. The van der Waals surface area contributed by atoms with E-state index in [1.807, 2.05) is 6.92 Å². The summed E-state index contributed by atoms with van der Waals surface area (Å²) in [4.78, 5) is 0. The SMILES string of the molecule is Cc1c(C=CCCC(C)CC(C)(C)C(F)(F)F)cc(C(C)(C)C)cc1C(C)(C)C. The topological polar surface area (TPSA) is 0 Å². The van der Waals surface area contributed by atoms with E-state index < -0.39 is 11.6 Å². The van der Waals surface area contributed by atoms with E-state index in [1.165, 1.54) is 36.1 Å². The summed E-state index contributed by atoms with van der Waals surface area (Å²) in [6.07, 6.45) is 1.85. The van der Waals surface area contributed by atoms with Crippen molar-refractivity contribution in [2.24, 2.45) is 11.3 Å². The van der Waals surface area contributed by atoms with Crippen LogP contribution in [-0.2, 0) is 10.8 Å². The molecule has 166 valence electrons. The Balaban J connectivity index is 2.97. The molecule has 0 N–H and O–H groups in total. The molecule has 0 saturated carbocycles. The van der Waals surface area contributed by atoms with E-state index in [0.29, 0.717) is 0 Å². The number of allylic oxidation sites excluding steroid dienone is 1. The molecule has 0 nitrogen and oxygen atoms in total. The zero-order chi connectivity index (χ0) is 22.8. The summed E-state index contributed by atoms with van der Waals surface area (Å²) in [5.41, 5.74) is 3.66. The third kappa shape index (κ3) is 7.19. The van der Waals surface area contributed by atoms with E-state index in [1.54, 1.807) is 0 Å². The van der Waals surface area contributed by atoms with Crippen LogP contribution in [0.25, 0.3) is 6.08 Å². The fourth-order valence-corrected chi connectivity index (χ4v) is 3.80. The van der Waals surface area contributed by atoms with Gasteiger partial charge in [-0.25, -0.2) is 0 Å². The summed E-state index contributed by atoms with van der Waals surface area (Å²) >= 11 is 0. The molecule has 1 aromatic carbocycles. The van der Waals surface area contributed by atoms with Gasteiger partial charge < -0.3 is 0 Å². The maximum Gasteiger partial charge on any atom is 0.393 e. The largest absolute Gasteiger partial charge is 0.393 e. The number of hydrogen-bond donors (Lipinski definition) is 0. The summed E-state index contributed by atoms with van der Waals surface area (Å²) in [7, 11) is 0. The summed E-state index contributed by atoms with van der Waals surface area (Å²) in [5, 5.41) is 0. The normalized spacial score (nSPS) is 15.2. The minimum absolute atomic E-state index is 0.0309. The molecule has 0 fully saturated rings. The first-order valence-corrected chi connectivity index (χ1v) is 10.7. The molecule has 0 aliphatic carbocycles. The molecule has 1 unspecified atom stereocenters. The van der Waals surface area contributed by atoms with Gasteiger partial charge in [-0.05, 0) is 65.2 Å². The van der Waals surface area contributed by atoms with Crippen LogP contribution in [0.1, 0.15) is 104 Å². The highest BCUT2D eigenvalue weighted by molar-refractivity contribution is 5.59. The van der Waals surface area contributed by atoms with E-state index in [-0.39, 0.29) is 23.2 Å². The van der Waals surface area contributed by atoms with Crippen molar-refractivity contribution in [2.75, 3.05) is 0 Å². The average molecular weight is 411 g/mol. The van der Waals surface area contributed by atoms with Gasteiger partial charge in [-0.2, -0.15) is 13.2 Å². The lowest BCUT2D eigenvalue weighted by atomic mass is 9.77. The van der Waals surface area contributed by atoms with Gasteiger partial charge in [-0.15, -0.1) is 0 Å². The maximum absolute atomic E-state index is 13.1. The summed E-state index contributed by atoms with van der Waals surface area (Å²) in [5.74, 6) is 0.0309. The zero-order valence-corrected chi connectivity index (χ0v) is 20.1. The Morgan fingerprint density at radius 1 is 0.897 bits per heavy atom. The Bertz CT molecular complexity index is 707. The molecule has 0 bridgehead atoms. The van der Waals surface area contributed by atoms with E-state index in [2.05, 4.69) is 72.8 Å². The Kier molecular flexibility index (Phi) is 7.88. The van der Waals surface area contributed by atoms with Crippen LogP contribution in [0.2, 0.25) is 0 Å². The Morgan fingerprint density at radius 2 is 1.45 bits per heavy atom. The number of benzene rings is 1. The quantitative estimate of drug-likeness (QED) is 0.439. The molecule has 3 heteroatoms.